The van der Waals surface area contributed by atoms with Gasteiger partial charge in [-0.05, 0) is 5.92 Å². The summed E-state index contributed by atoms with van der Waals surface area (Å²) >= 11 is 0. The van der Waals surface area contributed by atoms with Gasteiger partial charge in [-0.25, -0.2) is 0 Å². The number of rotatable bonds is 4. The highest BCUT2D eigenvalue weighted by Crippen LogP contribution is 2.33. The van der Waals surface area contributed by atoms with E-state index in [2.05, 4.69) is 0 Å². The second kappa shape index (κ2) is 5.47. The Labute approximate surface area is 91.2 Å². The smallest absolute Gasteiger partial charge is 0.308 e. The Morgan fingerprint density at radius 2 is 2.00 bits per heavy atom. The van der Waals surface area contributed by atoms with E-state index >= 15 is 0 Å². The number of ether oxygens (including phenoxy) is 1. The van der Waals surface area contributed by atoms with Crippen LogP contribution in [0, 0.1) is 5.92 Å². The monoisotopic (exact) mass is 216 g/mol. The number of halogens is 1. The molecule has 15 heavy (non-hydrogen) atoms. The first-order chi connectivity index (χ1) is 7.03. The van der Waals surface area contributed by atoms with E-state index in [4.69, 9.17) is 4.74 Å². The van der Waals surface area contributed by atoms with Gasteiger partial charge in [-0.15, -0.1) is 0 Å². The lowest BCUT2D eigenvalue weighted by Gasteiger charge is -2.28. The van der Waals surface area contributed by atoms with Gasteiger partial charge in [-0.1, -0.05) is 39.0 Å². The average molecular weight is 216 g/mol. The van der Waals surface area contributed by atoms with E-state index in [1.807, 2.05) is 0 Å². The van der Waals surface area contributed by atoms with E-state index in [1.165, 1.54) is 26.2 Å². The third kappa shape index (κ3) is 4.63. The number of carbonyl (C=O) groups excluding carboxylic acids is 1. The average Bonchev–Trinajstić information content (AvgIpc) is 2.17. The SMILES string of the molecule is CCC(=O)OC(C)(F)CC1CCCCC1. The van der Waals surface area contributed by atoms with E-state index in [0.29, 0.717) is 12.3 Å². The molecule has 1 unspecified atom stereocenters. The molecule has 0 aliphatic heterocycles. The molecule has 1 saturated carbocycles. The summed E-state index contributed by atoms with van der Waals surface area (Å²) in [6.07, 6.45) is 6.37. The molecular weight excluding hydrogens is 195 g/mol. The molecule has 0 N–H and O–H groups in total. The van der Waals surface area contributed by atoms with Crippen LogP contribution in [0.2, 0.25) is 0 Å². The minimum Gasteiger partial charge on any atom is -0.429 e. The van der Waals surface area contributed by atoms with Crippen molar-refractivity contribution in [1.29, 1.82) is 0 Å². The van der Waals surface area contributed by atoms with Crippen molar-refractivity contribution in [3.05, 3.63) is 0 Å². The van der Waals surface area contributed by atoms with Gasteiger partial charge in [0.15, 0.2) is 0 Å². The van der Waals surface area contributed by atoms with Crippen LogP contribution in [0.15, 0.2) is 0 Å². The first-order valence-corrected chi connectivity index (χ1v) is 5.94. The molecule has 0 spiro atoms. The maximum atomic E-state index is 13.9. The van der Waals surface area contributed by atoms with E-state index in [9.17, 15) is 9.18 Å². The molecule has 0 amide bonds. The Hall–Kier alpha value is -0.600. The molecule has 0 bridgehead atoms. The van der Waals surface area contributed by atoms with E-state index in [-0.39, 0.29) is 6.42 Å². The van der Waals surface area contributed by atoms with Gasteiger partial charge in [0.1, 0.15) is 0 Å². The van der Waals surface area contributed by atoms with Gasteiger partial charge in [0.25, 0.3) is 0 Å². The second-order valence-corrected chi connectivity index (χ2v) is 4.64. The van der Waals surface area contributed by atoms with Gasteiger partial charge in [0.05, 0.1) is 0 Å². The van der Waals surface area contributed by atoms with Crippen LogP contribution in [0.1, 0.15) is 58.8 Å². The molecule has 0 heterocycles. The molecule has 1 aliphatic rings. The number of esters is 1. The lowest BCUT2D eigenvalue weighted by molar-refractivity contribution is -0.182. The number of alkyl halides is 1. The van der Waals surface area contributed by atoms with E-state index < -0.39 is 11.8 Å². The second-order valence-electron chi connectivity index (χ2n) is 4.64. The van der Waals surface area contributed by atoms with Crippen molar-refractivity contribution in [3.8, 4) is 0 Å². The van der Waals surface area contributed by atoms with Gasteiger partial charge in [-0.3, -0.25) is 4.79 Å². The summed E-state index contributed by atoms with van der Waals surface area (Å²) in [6, 6.07) is 0. The van der Waals surface area contributed by atoms with Crippen molar-refractivity contribution in [2.45, 2.75) is 64.6 Å². The molecule has 1 rings (SSSR count). The fourth-order valence-electron chi connectivity index (χ4n) is 2.26. The van der Waals surface area contributed by atoms with Crippen LogP contribution < -0.4 is 0 Å². The maximum Gasteiger partial charge on any atom is 0.308 e. The molecule has 0 aromatic heterocycles. The van der Waals surface area contributed by atoms with Crippen LogP contribution in [0.5, 0.6) is 0 Å². The Balaban J connectivity index is 2.36. The van der Waals surface area contributed by atoms with Crippen molar-refractivity contribution < 1.29 is 13.9 Å². The Bertz CT molecular complexity index is 208. The quantitative estimate of drug-likeness (QED) is 0.671. The van der Waals surface area contributed by atoms with Crippen LogP contribution in [-0.2, 0) is 9.53 Å². The zero-order valence-electron chi connectivity index (χ0n) is 9.72. The number of hydrogen-bond acceptors (Lipinski definition) is 2. The highest BCUT2D eigenvalue weighted by molar-refractivity contribution is 5.69. The fourth-order valence-corrected chi connectivity index (χ4v) is 2.26. The molecule has 3 heteroatoms. The highest BCUT2D eigenvalue weighted by atomic mass is 19.2. The predicted octanol–water partition coefficient (Wildman–Crippen LogP) is 3.60. The standard InChI is InChI=1S/C12H21FO2/c1-3-11(14)15-12(2,13)9-10-7-5-4-6-8-10/h10H,3-9H2,1-2H3. The zero-order valence-corrected chi connectivity index (χ0v) is 9.72. The lowest BCUT2D eigenvalue weighted by Crippen LogP contribution is -2.29. The molecule has 1 fully saturated rings. The summed E-state index contributed by atoms with van der Waals surface area (Å²) in [4.78, 5) is 11.0. The minimum absolute atomic E-state index is 0.240. The molecular formula is C12H21FO2. The first kappa shape index (κ1) is 12.5. The summed E-state index contributed by atoms with van der Waals surface area (Å²) in [5.41, 5.74) is 0. The van der Waals surface area contributed by atoms with Crippen LogP contribution in [0.3, 0.4) is 0 Å². The van der Waals surface area contributed by atoms with Crippen LogP contribution in [-0.4, -0.2) is 11.8 Å². The zero-order chi connectivity index (χ0) is 11.3. The molecule has 1 atom stereocenters. The number of hydrogen-bond donors (Lipinski definition) is 0. The molecule has 2 nitrogen and oxygen atoms in total. The van der Waals surface area contributed by atoms with E-state index in [0.717, 1.165) is 12.8 Å². The van der Waals surface area contributed by atoms with Gasteiger partial charge >= 0.3 is 5.97 Å². The predicted molar refractivity (Wildman–Crippen MR) is 57.1 cm³/mol. The van der Waals surface area contributed by atoms with Crippen LogP contribution >= 0.6 is 0 Å². The Kier molecular flexibility index (Phi) is 4.55. The largest absolute Gasteiger partial charge is 0.429 e. The normalized spacial score (nSPS) is 22.1. The van der Waals surface area contributed by atoms with Gasteiger partial charge < -0.3 is 4.74 Å². The molecule has 0 radical (unpaired) electrons. The molecule has 0 saturated heterocycles. The van der Waals surface area contributed by atoms with Crippen LogP contribution in [0.25, 0.3) is 0 Å². The molecule has 0 aromatic carbocycles. The third-order valence-corrected chi connectivity index (χ3v) is 2.99. The lowest BCUT2D eigenvalue weighted by atomic mass is 9.85. The maximum absolute atomic E-state index is 13.9. The van der Waals surface area contributed by atoms with Gasteiger partial charge in [0.2, 0.25) is 5.85 Å². The minimum atomic E-state index is -1.77. The van der Waals surface area contributed by atoms with Gasteiger partial charge in [-0.2, -0.15) is 4.39 Å². The summed E-state index contributed by atoms with van der Waals surface area (Å²) in [7, 11) is 0. The molecule has 88 valence electrons. The van der Waals surface area contributed by atoms with Crippen molar-refractivity contribution in [3.63, 3.8) is 0 Å². The third-order valence-electron chi connectivity index (χ3n) is 2.99. The van der Waals surface area contributed by atoms with Crippen molar-refractivity contribution in [2.75, 3.05) is 0 Å². The highest BCUT2D eigenvalue weighted by Gasteiger charge is 2.31. The fraction of sp³-hybridized carbons (Fsp3) is 0.917. The van der Waals surface area contributed by atoms with Crippen molar-refractivity contribution in [2.24, 2.45) is 5.92 Å². The van der Waals surface area contributed by atoms with Crippen molar-refractivity contribution >= 4 is 5.97 Å². The van der Waals surface area contributed by atoms with Crippen molar-refractivity contribution in [1.82, 2.24) is 0 Å². The topological polar surface area (TPSA) is 26.3 Å². The van der Waals surface area contributed by atoms with Gasteiger partial charge in [0, 0.05) is 19.8 Å². The summed E-state index contributed by atoms with van der Waals surface area (Å²) < 4.78 is 18.7. The Morgan fingerprint density at radius 3 is 2.53 bits per heavy atom. The summed E-state index contributed by atoms with van der Waals surface area (Å²) in [5, 5.41) is 0. The first-order valence-electron chi connectivity index (χ1n) is 5.94. The van der Waals surface area contributed by atoms with E-state index in [1.54, 1.807) is 6.92 Å². The number of carbonyl (C=O) groups is 1. The summed E-state index contributed by atoms with van der Waals surface area (Å²) in [6.45, 7) is 3.05. The summed E-state index contributed by atoms with van der Waals surface area (Å²) in [5.74, 6) is -1.83. The molecule has 0 aromatic rings. The Morgan fingerprint density at radius 1 is 1.40 bits per heavy atom. The molecule has 1 aliphatic carbocycles. The van der Waals surface area contributed by atoms with Crippen LogP contribution in [0.4, 0.5) is 4.39 Å².